The lowest BCUT2D eigenvalue weighted by Crippen LogP contribution is -2.21. The van der Waals surface area contributed by atoms with Crippen molar-refractivity contribution in [2.75, 3.05) is 25.1 Å². The molecule has 1 aliphatic rings. The summed E-state index contributed by atoms with van der Waals surface area (Å²) in [5.41, 5.74) is 1.30. The molecular weight excluding hydrogens is 350 g/mol. The number of nitrogens with one attached hydrogen (secondary N) is 1. The van der Waals surface area contributed by atoms with Crippen molar-refractivity contribution in [2.45, 2.75) is 6.42 Å². The summed E-state index contributed by atoms with van der Waals surface area (Å²) in [6.07, 6.45) is 4.13. The van der Waals surface area contributed by atoms with E-state index in [1.54, 1.807) is 41.1 Å². The van der Waals surface area contributed by atoms with Gasteiger partial charge in [0.2, 0.25) is 0 Å². The fourth-order valence-corrected chi connectivity index (χ4v) is 2.68. The average molecular weight is 367 g/mol. The zero-order chi connectivity index (χ0) is 18.6. The van der Waals surface area contributed by atoms with Gasteiger partial charge in [-0.1, -0.05) is 6.07 Å². The molecule has 0 bridgehead atoms. The van der Waals surface area contributed by atoms with Crippen molar-refractivity contribution >= 4 is 23.2 Å². The van der Waals surface area contributed by atoms with Gasteiger partial charge in [0.25, 0.3) is 5.91 Å². The highest BCUT2D eigenvalue weighted by molar-refractivity contribution is 5.95. The van der Waals surface area contributed by atoms with Crippen LogP contribution in [0.15, 0.2) is 48.8 Å². The number of aromatic nitrogens is 2. The van der Waals surface area contributed by atoms with E-state index in [0.717, 1.165) is 6.42 Å². The van der Waals surface area contributed by atoms with E-state index in [1.807, 2.05) is 12.1 Å². The molecule has 8 nitrogen and oxygen atoms in total. The Hall–Kier alpha value is -3.55. The average Bonchev–Trinajstić information content (AvgIpc) is 2.98. The van der Waals surface area contributed by atoms with E-state index in [2.05, 4.69) is 10.3 Å². The number of carbonyl (C=O) groups excluding carboxylic acids is 2. The number of amides is 1. The van der Waals surface area contributed by atoms with Crippen LogP contribution in [-0.2, 0) is 9.53 Å². The number of esters is 1. The lowest BCUT2D eigenvalue weighted by Gasteiger charge is -2.10. The van der Waals surface area contributed by atoms with Crippen molar-refractivity contribution in [3.05, 3.63) is 54.5 Å². The maximum atomic E-state index is 12.1. The second-order valence-electron chi connectivity index (χ2n) is 5.93. The Morgan fingerprint density at radius 2 is 2.00 bits per heavy atom. The van der Waals surface area contributed by atoms with Crippen LogP contribution in [0.3, 0.4) is 0 Å². The Balaban J connectivity index is 1.35. The first-order valence-electron chi connectivity index (χ1n) is 8.49. The predicted molar refractivity (Wildman–Crippen MR) is 96.2 cm³/mol. The van der Waals surface area contributed by atoms with Crippen LogP contribution in [0.4, 0.5) is 5.69 Å². The largest absolute Gasteiger partial charge is 0.490 e. The van der Waals surface area contributed by atoms with Crippen molar-refractivity contribution in [1.29, 1.82) is 0 Å². The Labute approximate surface area is 154 Å². The Morgan fingerprint density at radius 3 is 2.85 bits per heavy atom. The van der Waals surface area contributed by atoms with Gasteiger partial charge in [0.05, 0.1) is 13.2 Å². The fraction of sp³-hybridized carbons (Fsp3) is 0.211. The number of ether oxygens (including phenoxy) is 3. The number of nitrogens with zero attached hydrogens (tertiary/aromatic N) is 2. The molecule has 1 amide bonds. The molecule has 138 valence electrons. The second kappa shape index (κ2) is 7.36. The summed E-state index contributed by atoms with van der Waals surface area (Å²) in [6.45, 7) is 0.736. The highest BCUT2D eigenvalue weighted by atomic mass is 16.5. The number of benzene rings is 1. The molecule has 8 heteroatoms. The lowest BCUT2D eigenvalue weighted by molar-refractivity contribution is -0.119. The zero-order valence-corrected chi connectivity index (χ0v) is 14.4. The van der Waals surface area contributed by atoms with Crippen LogP contribution in [0.1, 0.15) is 16.9 Å². The number of pyridine rings is 1. The van der Waals surface area contributed by atoms with E-state index in [1.165, 1.54) is 0 Å². The molecule has 0 saturated carbocycles. The second-order valence-corrected chi connectivity index (χ2v) is 5.93. The standard InChI is InChI=1S/C19H17N3O5/c23-18(20-13-5-6-15-16(10-13)26-9-3-8-25-15)12-27-19(24)14-11-22-7-2-1-4-17(22)21-14/h1-2,4-7,10-11H,3,8-9,12H2,(H,20,23). The number of fused-ring (bicyclic) bond motifs is 2. The number of imidazole rings is 1. The van der Waals surface area contributed by atoms with E-state index in [-0.39, 0.29) is 5.69 Å². The normalized spacial score (nSPS) is 13.0. The quantitative estimate of drug-likeness (QED) is 0.712. The summed E-state index contributed by atoms with van der Waals surface area (Å²) < 4.78 is 17.9. The molecule has 1 N–H and O–H groups in total. The van der Waals surface area contributed by atoms with Crippen molar-refractivity contribution in [3.8, 4) is 11.5 Å². The molecule has 0 atom stereocenters. The number of carbonyl (C=O) groups is 2. The van der Waals surface area contributed by atoms with Gasteiger partial charge in [-0.05, 0) is 24.3 Å². The summed E-state index contributed by atoms with van der Waals surface area (Å²) in [5, 5.41) is 2.67. The molecule has 2 aromatic heterocycles. The Morgan fingerprint density at radius 1 is 1.15 bits per heavy atom. The topological polar surface area (TPSA) is 91.2 Å². The summed E-state index contributed by atoms with van der Waals surface area (Å²) in [7, 11) is 0. The third-order valence-corrected chi connectivity index (χ3v) is 3.94. The minimum Gasteiger partial charge on any atom is -0.490 e. The first-order chi connectivity index (χ1) is 13.2. The maximum absolute atomic E-state index is 12.1. The molecule has 3 heterocycles. The molecule has 1 aliphatic heterocycles. The van der Waals surface area contributed by atoms with Gasteiger partial charge in [-0.15, -0.1) is 0 Å². The molecule has 3 aromatic rings. The predicted octanol–water partition coefficient (Wildman–Crippen LogP) is 2.29. The number of hydrogen-bond donors (Lipinski definition) is 1. The monoisotopic (exact) mass is 367 g/mol. The summed E-state index contributed by atoms with van der Waals surface area (Å²) >= 11 is 0. The zero-order valence-electron chi connectivity index (χ0n) is 14.4. The number of rotatable bonds is 4. The summed E-state index contributed by atoms with van der Waals surface area (Å²) in [6, 6.07) is 10.5. The van der Waals surface area contributed by atoms with Crippen LogP contribution in [0.25, 0.3) is 5.65 Å². The van der Waals surface area contributed by atoms with E-state index < -0.39 is 18.5 Å². The van der Waals surface area contributed by atoms with E-state index >= 15 is 0 Å². The molecular formula is C19H17N3O5. The van der Waals surface area contributed by atoms with Gasteiger partial charge in [0.1, 0.15) is 5.65 Å². The molecule has 0 spiro atoms. The molecule has 27 heavy (non-hydrogen) atoms. The molecule has 0 saturated heterocycles. The van der Waals surface area contributed by atoms with E-state index in [0.29, 0.717) is 36.0 Å². The van der Waals surface area contributed by atoms with Gasteiger partial charge in [0, 0.05) is 30.6 Å². The van der Waals surface area contributed by atoms with Gasteiger partial charge >= 0.3 is 5.97 Å². The van der Waals surface area contributed by atoms with Gasteiger partial charge in [-0.3, -0.25) is 4.79 Å². The summed E-state index contributed by atoms with van der Waals surface area (Å²) in [5.74, 6) is 0.102. The first kappa shape index (κ1) is 16.9. The molecule has 0 unspecified atom stereocenters. The van der Waals surface area contributed by atoms with Gasteiger partial charge < -0.3 is 23.9 Å². The highest BCUT2D eigenvalue weighted by Crippen LogP contribution is 2.32. The van der Waals surface area contributed by atoms with Crippen LogP contribution in [-0.4, -0.2) is 41.1 Å². The van der Waals surface area contributed by atoms with Crippen LogP contribution in [0.2, 0.25) is 0 Å². The SMILES string of the molecule is O=C(COC(=O)c1cn2ccccc2n1)Nc1ccc2c(c1)OCCCO2. The van der Waals surface area contributed by atoms with Gasteiger partial charge in [-0.2, -0.15) is 0 Å². The maximum Gasteiger partial charge on any atom is 0.359 e. The van der Waals surface area contributed by atoms with Crippen LogP contribution < -0.4 is 14.8 Å². The molecule has 0 aliphatic carbocycles. The van der Waals surface area contributed by atoms with Crippen molar-refractivity contribution in [3.63, 3.8) is 0 Å². The van der Waals surface area contributed by atoms with Gasteiger partial charge in [-0.25, -0.2) is 9.78 Å². The lowest BCUT2D eigenvalue weighted by atomic mass is 10.2. The minimum atomic E-state index is -0.660. The van der Waals surface area contributed by atoms with Crippen molar-refractivity contribution < 1.29 is 23.8 Å². The third-order valence-electron chi connectivity index (χ3n) is 3.94. The molecule has 0 radical (unpaired) electrons. The van der Waals surface area contributed by atoms with Crippen LogP contribution >= 0.6 is 0 Å². The smallest absolute Gasteiger partial charge is 0.359 e. The number of anilines is 1. The third kappa shape index (κ3) is 3.84. The highest BCUT2D eigenvalue weighted by Gasteiger charge is 2.15. The Bertz CT molecular complexity index is 965. The minimum absolute atomic E-state index is 0.143. The van der Waals surface area contributed by atoms with Crippen molar-refractivity contribution in [1.82, 2.24) is 9.38 Å². The fourth-order valence-electron chi connectivity index (χ4n) is 2.68. The molecule has 0 fully saturated rings. The van der Waals surface area contributed by atoms with Crippen molar-refractivity contribution in [2.24, 2.45) is 0 Å². The van der Waals surface area contributed by atoms with Crippen LogP contribution in [0.5, 0.6) is 11.5 Å². The summed E-state index contributed by atoms with van der Waals surface area (Å²) in [4.78, 5) is 28.3. The molecule has 4 rings (SSSR count). The number of hydrogen-bond acceptors (Lipinski definition) is 6. The Kier molecular flexibility index (Phi) is 4.61. The van der Waals surface area contributed by atoms with E-state index in [9.17, 15) is 9.59 Å². The van der Waals surface area contributed by atoms with Crippen LogP contribution in [0, 0.1) is 0 Å². The van der Waals surface area contributed by atoms with E-state index in [4.69, 9.17) is 14.2 Å². The van der Waals surface area contributed by atoms with Gasteiger partial charge in [0.15, 0.2) is 23.8 Å². The first-order valence-corrected chi connectivity index (χ1v) is 8.49. The molecule has 1 aromatic carbocycles.